The highest BCUT2D eigenvalue weighted by atomic mass is 15.3. The first-order valence-electron chi connectivity index (χ1n) is 7.08. The molecule has 1 aliphatic heterocycles. The van der Waals surface area contributed by atoms with E-state index in [1.807, 2.05) is 0 Å². The van der Waals surface area contributed by atoms with Gasteiger partial charge in [-0.25, -0.2) is 4.68 Å². The SMILES string of the molecule is Cc1cccc(-n2ncc(C3CCNCC3)c2C)c1. The van der Waals surface area contributed by atoms with Gasteiger partial charge in [0.1, 0.15) is 0 Å². The zero-order chi connectivity index (χ0) is 13.2. The molecule has 0 bridgehead atoms. The van der Waals surface area contributed by atoms with Gasteiger partial charge < -0.3 is 5.32 Å². The van der Waals surface area contributed by atoms with Crippen LogP contribution in [0.2, 0.25) is 0 Å². The van der Waals surface area contributed by atoms with Crippen LogP contribution in [0.15, 0.2) is 30.5 Å². The topological polar surface area (TPSA) is 29.9 Å². The first-order chi connectivity index (χ1) is 9.25. The van der Waals surface area contributed by atoms with Crippen molar-refractivity contribution in [2.75, 3.05) is 13.1 Å². The fraction of sp³-hybridized carbons (Fsp3) is 0.438. The number of benzene rings is 1. The molecule has 2 aromatic rings. The van der Waals surface area contributed by atoms with Crippen molar-refractivity contribution in [2.24, 2.45) is 0 Å². The van der Waals surface area contributed by atoms with E-state index >= 15 is 0 Å². The highest BCUT2D eigenvalue weighted by Crippen LogP contribution is 2.28. The van der Waals surface area contributed by atoms with Gasteiger partial charge in [-0.05, 0) is 69.0 Å². The van der Waals surface area contributed by atoms with Crippen LogP contribution in [0.1, 0.15) is 35.6 Å². The van der Waals surface area contributed by atoms with Gasteiger partial charge in [0.05, 0.1) is 11.9 Å². The summed E-state index contributed by atoms with van der Waals surface area (Å²) >= 11 is 0. The Hall–Kier alpha value is -1.61. The summed E-state index contributed by atoms with van der Waals surface area (Å²) in [5, 5.41) is 8.02. The van der Waals surface area contributed by atoms with Crippen molar-refractivity contribution >= 4 is 0 Å². The van der Waals surface area contributed by atoms with Gasteiger partial charge in [0.2, 0.25) is 0 Å². The van der Waals surface area contributed by atoms with E-state index in [2.05, 4.69) is 59.4 Å². The Bertz CT molecular complexity index is 565. The molecule has 0 unspecified atom stereocenters. The summed E-state index contributed by atoms with van der Waals surface area (Å²) in [6.45, 7) is 6.56. The molecule has 2 heterocycles. The van der Waals surface area contributed by atoms with Crippen LogP contribution >= 0.6 is 0 Å². The Morgan fingerprint density at radius 2 is 2.00 bits per heavy atom. The second kappa shape index (κ2) is 5.17. The molecule has 1 aromatic carbocycles. The molecule has 100 valence electrons. The smallest absolute Gasteiger partial charge is 0.0651 e. The number of nitrogens with zero attached hydrogens (tertiary/aromatic N) is 2. The maximum absolute atomic E-state index is 4.60. The number of aryl methyl sites for hydroxylation is 1. The van der Waals surface area contributed by atoms with Crippen LogP contribution in [0.4, 0.5) is 0 Å². The molecule has 0 amide bonds. The molecule has 0 aliphatic carbocycles. The van der Waals surface area contributed by atoms with Crippen LogP contribution in [0.3, 0.4) is 0 Å². The largest absolute Gasteiger partial charge is 0.317 e. The first-order valence-corrected chi connectivity index (χ1v) is 7.08. The summed E-state index contributed by atoms with van der Waals surface area (Å²) in [5.74, 6) is 0.666. The number of nitrogens with one attached hydrogen (secondary N) is 1. The van der Waals surface area contributed by atoms with Gasteiger partial charge >= 0.3 is 0 Å². The quantitative estimate of drug-likeness (QED) is 0.894. The van der Waals surface area contributed by atoms with Crippen LogP contribution in [0.5, 0.6) is 0 Å². The molecule has 0 saturated carbocycles. The molecule has 3 rings (SSSR count). The standard InChI is InChI=1S/C16H21N3/c1-12-4-3-5-15(10-12)19-13(2)16(11-18-19)14-6-8-17-9-7-14/h3-5,10-11,14,17H,6-9H2,1-2H3. The molecule has 0 radical (unpaired) electrons. The number of hydrogen-bond acceptors (Lipinski definition) is 2. The van der Waals surface area contributed by atoms with Gasteiger partial charge in [0.15, 0.2) is 0 Å². The van der Waals surface area contributed by atoms with Gasteiger partial charge in [-0.3, -0.25) is 0 Å². The Balaban J connectivity index is 1.94. The zero-order valence-electron chi connectivity index (χ0n) is 11.7. The molecule has 1 saturated heterocycles. The molecule has 1 aliphatic rings. The van der Waals surface area contributed by atoms with E-state index in [9.17, 15) is 0 Å². The van der Waals surface area contributed by atoms with Gasteiger partial charge in [-0.1, -0.05) is 12.1 Å². The van der Waals surface area contributed by atoms with E-state index in [0.29, 0.717) is 5.92 Å². The van der Waals surface area contributed by atoms with Gasteiger partial charge in [0, 0.05) is 5.69 Å². The van der Waals surface area contributed by atoms with Crippen molar-refractivity contribution in [3.05, 3.63) is 47.3 Å². The average Bonchev–Trinajstić information content (AvgIpc) is 2.81. The molecular formula is C16H21N3. The van der Waals surface area contributed by atoms with E-state index in [1.165, 1.54) is 29.7 Å². The molecule has 3 heteroatoms. The molecule has 0 spiro atoms. The van der Waals surface area contributed by atoms with Crippen molar-refractivity contribution in [1.29, 1.82) is 0 Å². The van der Waals surface area contributed by atoms with Gasteiger partial charge in [0.25, 0.3) is 0 Å². The molecule has 1 fully saturated rings. The minimum absolute atomic E-state index is 0.666. The number of hydrogen-bond donors (Lipinski definition) is 1. The van der Waals surface area contributed by atoms with Gasteiger partial charge in [-0.15, -0.1) is 0 Å². The summed E-state index contributed by atoms with van der Waals surface area (Å²) < 4.78 is 2.07. The van der Waals surface area contributed by atoms with Crippen molar-refractivity contribution in [3.8, 4) is 5.69 Å². The number of rotatable bonds is 2. The first kappa shape index (κ1) is 12.4. The Morgan fingerprint density at radius 3 is 2.74 bits per heavy atom. The third kappa shape index (κ3) is 2.43. The summed E-state index contributed by atoms with van der Waals surface area (Å²) in [4.78, 5) is 0. The predicted octanol–water partition coefficient (Wildman–Crippen LogP) is 2.96. The summed E-state index contributed by atoms with van der Waals surface area (Å²) in [7, 11) is 0. The second-order valence-corrected chi connectivity index (χ2v) is 5.46. The summed E-state index contributed by atoms with van der Waals surface area (Å²) in [5.41, 5.74) is 5.15. The van der Waals surface area contributed by atoms with Crippen molar-refractivity contribution < 1.29 is 0 Å². The normalized spacial score (nSPS) is 16.7. The maximum Gasteiger partial charge on any atom is 0.0651 e. The number of piperidine rings is 1. The Morgan fingerprint density at radius 1 is 1.21 bits per heavy atom. The van der Waals surface area contributed by atoms with Crippen molar-refractivity contribution in [3.63, 3.8) is 0 Å². The lowest BCUT2D eigenvalue weighted by molar-refractivity contribution is 0.459. The Labute approximate surface area is 114 Å². The lowest BCUT2D eigenvalue weighted by atomic mass is 9.91. The number of aromatic nitrogens is 2. The van der Waals surface area contributed by atoms with Crippen LogP contribution in [-0.2, 0) is 0 Å². The molecule has 19 heavy (non-hydrogen) atoms. The van der Waals surface area contributed by atoms with E-state index in [1.54, 1.807) is 0 Å². The minimum atomic E-state index is 0.666. The monoisotopic (exact) mass is 255 g/mol. The van der Waals surface area contributed by atoms with Crippen LogP contribution in [0, 0.1) is 13.8 Å². The van der Waals surface area contributed by atoms with E-state index in [-0.39, 0.29) is 0 Å². The van der Waals surface area contributed by atoms with E-state index < -0.39 is 0 Å². The Kier molecular flexibility index (Phi) is 3.38. The fourth-order valence-corrected chi connectivity index (χ4v) is 2.98. The van der Waals surface area contributed by atoms with E-state index in [4.69, 9.17) is 0 Å². The van der Waals surface area contributed by atoms with Gasteiger partial charge in [-0.2, -0.15) is 5.10 Å². The molecule has 1 N–H and O–H groups in total. The van der Waals surface area contributed by atoms with E-state index in [0.717, 1.165) is 18.8 Å². The third-order valence-corrected chi connectivity index (χ3v) is 4.07. The highest BCUT2D eigenvalue weighted by molar-refractivity contribution is 5.38. The van der Waals surface area contributed by atoms with Crippen molar-refractivity contribution in [1.82, 2.24) is 15.1 Å². The molecule has 0 atom stereocenters. The van der Waals surface area contributed by atoms with Crippen LogP contribution in [-0.4, -0.2) is 22.9 Å². The van der Waals surface area contributed by atoms with Crippen molar-refractivity contribution in [2.45, 2.75) is 32.6 Å². The minimum Gasteiger partial charge on any atom is -0.317 e. The molecule has 1 aromatic heterocycles. The molecular weight excluding hydrogens is 234 g/mol. The maximum atomic E-state index is 4.60. The van der Waals surface area contributed by atoms with Crippen LogP contribution in [0.25, 0.3) is 5.69 Å². The average molecular weight is 255 g/mol. The summed E-state index contributed by atoms with van der Waals surface area (Å²) in [6, 6.07) is 8.53. The van der Waals surface area contributed by atoms with Crippen LogP contribution < -0.4 is 5.32 Å². The second-order valence-electron chi connectivity index (χ2n) is 5.46. The third-order valence-electron chi connectivity index (χ3n) is 4.07. The lowest BCUT2D eigenvalue weighted by Crippen LogP contribution is -2.26. The highest BCUT2D eigenvalue weighted by Gasteiger charge is 2.20. The zero-order valence-corrected chi connectivity index (χ0v) is 11.7. The fourth-order valence-electron chi connectivity index (χ4n) is 2.98. The lowest BCUT2D eigenvalue weighted by Gasteiger charge is -2.22. The molecule has 3 nitrogen and oxygen atoms in total. The summed E-state index contributed by atoms with van der Waals surface area (Å²) in [6.07, 6.45) is 4.51. The predicted molar refractivity (Wildman–Crippen MR) is 77.9 cm³/mol.